The standard InChI is InChI=1S/C46H26N6/c1-2-9-29(10-3-1)44-48-45(50-46(49-44)31-13-8-24-47-26-31)30-12-6-14-32(25-30)51-37-22-19-27-11-7-17-36-39(27)41(37)42-38(51)23-20-28-18-21-34-33-15-4-5-16-35(33)52(36)43(34)40(28)42/h1-26H. The summed E-state index contributed by atoms with van der Waals surface area (Å²) in [4.78, 5) is 19.3. The molecule has 0 bridgehead atoms. The van der Waals surface area contributed by atoms with E-state index in [1.807, 2.05) is 42.5 Å². The van der Waals surface area contributed by atoms with Gasteiger partial charge in [0.15, 0.2) is 17.5 Å². The van der Waals surface area contributed by atoms with Crippen LogP contribution in [0.4, 0.5) is 0 Å². The zero-order chi connectivity index (χ0) is 33.9. The van der Waals surface area contributed by atoms with Gasteiger partial charge < -0.3 is 8.97 Å². The van der Waals surface area contributed by atoms with Crippen molar-refractivity contribution in [1.82, 2.24) is 28.9 Å². The van der Waals surface area contributed by atoms with Crippen molar-refractivity contribution >= 4 is 70.7 Å². The van der Waals surface area contributed by atoms with Gasteiger partial charge in [0.25, 0.3) is 0 Å². The lowest BCUT2D eigenvalue weighted by Crippen LogP contribution is -2.01. The average molecular weight is 663 g/mol. The van der Waals surface area contributed by atoms with Gasteiger partial charge in [-0.2, -0.15) is 0 Å². The van der Waals surface area contributed by atoms with Crippen LogP contribution in [0, 0.1) is 0 Å². The van der Waals surface area contributed by atoms with Gasteiger partial charge in [-0.05, 0) is 59.3 Å². The minimum Gasteiger partial charge on any atom is -0.309 e. The van der Waals surface area contributed by atoms with Gasteiger partial charge in [0.2, 0.25) is 0 Å². The molecule has 0 saturated heterocycles. The Morgan fingerprint density at radius 2 is 1.06 bits per heavy atom. The smallest absolute Gasteiger partial charge is 0.165 e. The lowest BCUT2D eigenvalue weighted by atomic mass is 9.98. The Morgan fingerprint density at radius 1 is 0.404 bits per heavy atom. The third-order valence-corrected chi connectivity index (χ3v) is 10.7. The van der Waals surface area contributed by atoms with Crippen LogP contribution < -0.4 is 0 Å². The fourth-order valence-electron chi connectivity index (χ4n) is 8.56. The van der Waals surface area contributed by atoms with E-state index in [-0.39, 0.29) is 0 Å². The molecule has 0 unspecified atom stereocenters. The van der Waals surface area contributed by atoms with E-state index in [2.05, 4.69) is 117 Å². The maximum Gasteiger partial charge on any atom is 0.165 e. The lowest BCUT2D eigenvalue weighted by Gasteiger charge is -2.12. The molecule has 0 aliphatic heterocycles. The first kappa shape index (κ1) is 27.6. The molecule has 0 atom stereocenters. The molecule has 0 aliphatic carbocycles. The molecule has 6 nitrogen and oxygen atoms in total. The van der Waals surface area contributed by atoms with Crippen molar-refractivity contribution in [3.05, 3.63) is 158 Å². The Morgan fingerprint density at radius 3 is 1.88 bits per heavy atom. The summed E-state index contributed by atoms with van der Waals surface area (Å²) in [6, 6.07) is 51.8. The van der Waals surface area contributed by atoms with E-state index >= 15 is 0 Å². The first-order chi connectivity index (χ1) is 25.8. The molecule has 5 heterocycles. The average Bonchev–Trinajstić information content (AvgIpc) is 3.70. The van der Waals surface area contributed by atoms with Crippen LogP contribution >= 0.6 is 0 Å². The molecule has 12 aromatic rings. The summed E-state index contributed by atoms with van der Waals surface area (Å²) in [5.41, 5.74) is 9.79. The van der Waals surface area contributed by atoms with Gasteiger partial charge in [0.05, 0.1) is 27.6 Å². The number of para-hydroxylation sites is 1. The van der Waals surface area contributed by atoms with Crippen LogP contribution in [0.15, 0.2) is 158 Å². The van der Waals surface area contributed by atoms with Crippen LogP contribution in [0.5, 0.6) is 0 Å². The Balaban J connectivity index is 1.17. The number of aromatic nitrogens is 6. The van der Waals surface area contributed by atoms with Gasteiger partial charge in [-0.3, -0.25) is 4.98 Å². The molecule has 0 saturated carbocycles. The summed E-state index contributed by atoms with van der Waals surface area (Å²) in [5.74, 6) is 1.82. The van der Waals surface area contributed by atoms with Crippen LogP contribution in [0.1, 0.15) is 0 Å². The number of hydrogen-bond acceptors (Lipinski definition) is 4. The van der Waals surface area contributed by atoms with Crippen LogP contribution in [0.3, 0.4) is 0 Å². The molecule has 5 aromatic heterocycles. The first-order valence-corrected chi connectivity index (χ1v) is 17.5. The third kappa shape index (κ3) is 3.67. The monoisotopic (exact) mass is 662 g/mol. The summed E-state index contributed by atoms with van der Waals surface area (Å²) in [5, 5.41) is 10.2. The van der Waals surface area contributed by atoms with E-state index in [1.165, 1.54) is 70.7 Å². The van der Waals surface area contributed by atoms with Gasteiger partial charge >= 0.3 is 0 Å². The first-order valence-electron chi connectivity index (χ1n) is 17.5. The van der Waals surface area contributed by atoms with Crippen molar-refractivity contribution in [2.45, 2.75) is 0 Å². The molecule has 6 heteroatoms. The normalized spacial score (nSPS) is 12.2. The van der Waals surface area contributed by atoms with Crippen molar-refractivity contribution in [1.29, 1.82) is 0 Å². The van der Waals surface area contributed by atoms with E-state index < -0.39 is 0 Å². The number of nitrogens with zero attached hydrogens (tertiary/aromatic N) is 6. The fourth-order valence-corrected chi connectivity index (χ4v) is 8.56. The maximum atomic E-state index is 5.03. The second kappa shape index (κ2) is 10.2. The molecule has 7 aromatic carbocycles. The Hall–Kier alpha value is -7.18. The molecule has 0 fully saturated rings. The molecule has 0 spiro atoms. The summed E-state index contributed by atoms with van der Waals surface area (Å²) in [7, 11) is 0. The number of hydrogen-bond donors (Lipinski definition) is 0. The molecule has 0 radical (unpaired) electrons. The highest BCUT2D eigenvalue weighted by Crippen LogP contribution is 2.47. The minimum atomic E-state index is 0.589. The largest absolute Gasteiger partial charge is 0.309 e. The molecular weight excluding hydrogens is 637 g/mol. The fraction of sp³-hybridized carbons (Fsp3) is 0. The van der Waals surface area contributed by atoms with Crippen LogP contribution in [0.25, 0.3) is 111 Å². The van der Waals surface area contributed by atoms with E-state index in [9.17, 15) is 0 Å². The molecule has 0 N–H and O–H groups in total. The Kier molecular flexibility index (Phi) is 5.41. The van der Waals surface area contributed by atoms with Gasteiger partial charge in [0.1, 0.15) is 0 Å². The number of benzene rings is 7. The molecule has 0 aliphatic rings. The van der Waals surface area contributed by atoms with E-state index in [0.29, 0.717) is 17.5 Å². The lowest BCUT2D eigenvalue weighted by molar-refractivity contribution is 1.07. The van der Waals surface area contributed by atoms with Crippen molar-refractivity contribution in [3.8, 4) is 39.9 Å². The minimum absolute atomic E-state index is 0.589. The molecule has 0 amide bonds. The second-order valence-electron chi connectivity index (χ2n) is 13.5. The summed E-state index contributed by atoms with van der Waals surface area (Å²) in [6.07, 6.45) is 3.56. The molecule has 240 valence electrons. The van der Waals surface area contributed by atoms with Crippen molar-refractivity contribution < 1.29 is 0 Å². The van der Waals surface area contributed by atoms with Crippen molar-refractivity contribution in [2.75, 3.05) is 0 Å². The number of pyridine rings is 1. The highest BCUT2D eigenvalue weighted by molar-refractivity contribution is 6.37. The Bertz CT molecular complexity index is 3280. The van der Waals surface area contributed by atoms with Gasteiger partial charge in [-0.25, -0.2) is 15.0 Å². The Labute approximate surface area is 296 Å². The molecule has 52 heavy (non-hydrogen) atoms. The highest BCUT2D eigenvalue weighted by Gasteiger charge is 2.24. The van der Waals surface area contributed by atoms with Crippen molar-refractivity contribution in [2.24, 2.45) is 0 Å². The summed E-state index contributed by atoms with van der Waals surface area (Å²) in [6.45, 7) is 0. The summed E-state index contributed by atoms with van der Waals surface area (Å²) < 4.78 is 4.92. The van der Waals surface area contributed by atoms with Crippen LogP contribution in [-0.4, -0.2) is 28.9 Å². The third-order valence-electron chi connectivity index (χ3n) is 10.7. The summed E-state index contributed by atoms with van der Waals surface area (Å²) >= 11 is 0. The van der Waals surface area contributed by atoms with E-state index in [0.717, 1.165) is 22.4 Å². The molecular formula is C46H26N6. The zero-order valence-electron chi connectivity index (χ0n) is 27.7. The number of rotatable bonds is 4. The van der Waals surface area contributed by atoms with Crippen LogP contribution in [-0.2, 0) is 0 Å². The van der Waals surface area contributed by atoms with Crippen LogP contribution in [0.2, 0.25) is 0 Å². The van der Waals surface area contributed by atoms with E-state index in [4.69, 9.17) is 15.0 Å². The van der Waals surface area contributed by atoms with Gasteiger partial charge in [-0.15, -0.1) is 0 Å². The number of fused-ring (bicyclic) bond motifs is 4. The van der Waals surface area contributed by atoms with E-state index in [1.54, 1.807) is 12.4 Å². The van der Waals surface area contributed by atoms with Gasteiger partial charge in [-0.1, -0.05) is 97.1 Å². The predicted molar refractivity (Wildman–Crippen MR) is 212 cm³/mol. The van der Waals surface area contributed by atoms with Gasteiger partial charge in [0, 0.05) is 67.1 Å². The predicted octanol–water partition coefficient (Wildman–Crippen LogP) is 11.1. The highest BCUT2D eigenvalue weighted by atomic mass is 15.0. The second-order valence-corrected chi connectivity index (χ2v) is 13.5. The molecule has 12 rings (SSSR count). The SMILES string of the molecule is c1ccc(-c2nc(-c3cccnc3)nc(-c3cccc(-n4c5ccc6cccc7c6c5c5c6c(ccc8c9ccccc9n7c86)ccc54)c3)n2)cc1. The topological polar surface area (TPSA) is 60.9 Å². The quantitative estimate of drug-likeness (QED) is 0.188. The zero-order valence-corrected chi connectivity index (χ0v) is 27.7. The maximum absolute atomic E-state index is 5.03. The van der Waals surface area contributed by atoms with Crippen molar-refractivity contribution in [3.63, 3.8) is 0 Å².